The number of carbonyl (C=O) groups excluding carboxylic acids is 1. The second kappa shape index (κ2) is 8.84. The first-order chi connectivity index (χ1) is 14.7. The molecule has 1 amide bonds. The summed E-state index contributed by atoms with van der Waals surface area (Å²) < 4.78 is 0. The molecule has 4 saturated carbocycles. The van der Waals surface area contributed by atoms with Gasteiger partial charge in [0.25, 0.3) is 0 Å². The van der Waals surface area contributed by atoms with Crippen LogP contribution in [0.3, 0.4) is 0 Å². The largest absolute Gasteiger partial charge is 0.354 e. The number of amides is 1. The molecule has 4 bridgehead atoms. The lowest BCUT2D eigenvalue weighted by atomic mass is 9.49. The highest BCUT2D eigenvalue weighted by Crippen LogP contribution is 2.59. The van der Waals surface area contributed by atoms with Crippen molar-refractivity contribution < 1.29 is 4.79 Å². The van der Waals surface area contributed by atoms with E-state index in [1.54, 1.807) is 0 Å². The van der Waals surface area contributed by atoms with Gasteiger partial charge in [-0.2, -0.15) is 0 Å². The summed E-state index contributed by atoms with van der Waals surface area (Å²) in [4.78, 5) is 17.4. The normalized spacial score (nSPS) is 33.9. The number of hydrogen-bond donors (Lipinski definition) is 1. The zero-order valence-electron chi connectivity index (χ0n) is 18.3. The highest BCUT2D eigenvalue weighted by molar-refractivity contribution is 5.78. The summed E-state index contributed by atoms with van der Waals surface area (Å²) in [5, 5.41) is 3.35. The van der Waals surface area contributed by atoms with Crippen LogP contribution in [0.4, 0.5) is 0 Å². The zero-order valence-corrected chi connectivity index (χ0v) is 18.3. The Morgan fingerprint density at radius 2 is 1.53 bits per heavy atom. The van der Waals surface area contributed by atoms with Gasteiger partial charge in [-0.15, -0.1) is 0 Å². The molecule has 162 valence electrons. The molecule has 4 nitrogen and oxygen atoms in total. The molecule has 0 spiro atoms. The van der Waals surface area contributed by atoms with E-state index < -0.39 is 0 Å². The predicted molar refractivity (Wildman–Crippen MR) is 122 cm³/mol. The van der Waals surface area contributed by atoms with Crippen LogP contribution in [-0.4, -0.2) is 61.5 Å². The molecule has 4 aliphatic carbocycles. The summed E-state index contributed by atoms with van der Waals surface area (Å²) in [6, 6.07) is 10.5. The lowest BCUT2D eigenvalue weighted by Crippen LogP contribution is -2.53. The van der Waals surface area contributed by atoms with Crippen molar-refractivity contribution in [1.29, 1.82) is 0 Å². The van der Waals surface area contributed by atoms with Gasteiger partial charge < -0.3 is 5.32 Å². The molecular weight excluding hydrogens is 370 g/mol. The van der Waals surface area contributed by atoms with Crippen molar-refractivity contribution in [2.75, 3.05) is 45.8 Å². The third kappa shape index (κ3) is 4.81. The van der Waals surface area contributed by atoms with Gasteiger partial charge in [-0.05, 0) is 67.3 Å². The van der Waals surface area contributed by atoms with E-state index in [0.717, 1.165) is 57.0 Å². The molecule has 0 radical (unpaired) electrons. The van der Waals surface area contributed by atoms with Crippen molar-refractivity contribution in [3.05, 3.63) is 42.0 Å². The maximum absolute atomic E-state index is 12.6. The van der Waals surface area contributed by atoms with Crippen molar-refractivity contribution in [2.45, 2.75) is 38.5 Å². The van der Waals surface area contributed by atoms with Crippen molar-refractivity contribution in [3.8, 4) is 0 Å². The molecule has 0 aromatic heterocycles. The molecular formula is C26H37N3O. The van der Waals surface area contributed by atoms with E-state index in [1.165, 1.54) is 44.1 Å². The Hall–Kier alpha value is -1.65. The summed E-state index contributed by atoms with van der Waals surface area (Å²) in [5.41, 5.74) is 1.70. The summed E-state index contributed by atoms with van der Waals surface area (Å²) in [7, 11) is 0. The fraction of sp³-hybridized carbons (Fsp3) is 0.654. The number of benzene rings is 1. The topological polar surface area (TPSA) is 35.6 Å². The highest BCUT2D eigenvalue weighted by atomic mass is 16.2. The number of carbonyl (C=O) groups is 1. The molecule has 5 aliphatic rings. The van der Waals surface area contributed by atoms with Crippen molar-refractivity contribution in [3.63, 3.8) is 0 Å². The predicted octanol–water partition coefficient (Wildman–Crippen LogP) is 3.65. The number of rotatable bonds is 7. The van der Waals surface area contributed by atoms with Crippen molar-refractivity contribution in [1.82, 2.24) is 15.1 Å². The first-order valence-corrected chi connectivity index (χ1v) is 12.1. The average Bonchev–Trinajstić information content (AvgIpc) is 2.74. The molecule has 1 aliphatic heterocycles. The van der Waals surface area contributed by atoms with E-state index in [2.05, 4.69) is 57.6 Å². The molecule has 1 heterocycles. The van der Waals surface area contributed by atoms with Crippen LogP contribution in [0, 0.1) is 23.2 Å². The Balaban J connectivity index is 1.02. The minimum Gasteiger partial charge on any atom is -0.354 e. The van der Waals surface area contributed by atoms with Crippen molar-refractivity contribution >= 4 is 12.0 Å². The first kappa shape index (κ1) is 20.3. The Bertz CT molecular complexity index is 716. The third-order valence-electron chi connectivity index (χ3n) is 8.13. The second-order valence-corrected chi connectivity index (χ2v) is 10.6. The van der Waals surface area contributed by atoms with Gasteiger partial charge in [0.2, 0.25) is 5.91 Å². The van der Waals surface area contributed by atoms with Crippen LogP contribution in [0.15, 0.2) is 36.4 Å². The van der Waals surface area contributed by atoms with E-state index in [0.29, 0.717) is 12.0 Å². The molecule has 4 heteroatoms. The van der Waals surface area contributed by atoms with Gasteiger partial charge in [-0.3, -0.25) is 14.6 Å². The summed E-state index contributed by atoms with van der Waals surface area (Å²) in [5.74, 6) is 3.11. The number of nitrogens with zero attached hydrogens (tertiary/aromatic N) is 2. The van der Waals surface area contributed by atoms with Crippen LogP contribution < -0.4 is 5.32 Å². The molecule has 30 heavy (non-hydrogen) atoms. The maximum Gasteiger partial charge on any atom is 0.234 e. The number of nitrogens with one attached hydrogen (secondary N) is 1. The molecule has 6 rings (SSSR count). The molecule has 5 fully saturated rings. The minimum absolute atomic E-state index is 0.239. The lowest BCUT2D eigenvalue weighted by Gasteiger charge is -2.57. The van der Waals surface area contributed by atoms with E-state index in [1.807, 2.05) is 0 Å². The fourth-order valence-corrected chi connectivity index (χ4v) is 7.08. The molecule has 1 N–H and O–H groups in total. The number of piperazine rings is 1. The highest BCUT2D eigenvalue weighted by Gasteiger charge is 2.50. The van der Waals surface area contributed by atoms with Gasteiger partial charge in [0.1, 0.15) is 0 Å². The van der Waals surface area contributed by atoms with Crippen LogP contribution in [-0.2, 0) is 4.79 Å². The monoisotopic (exact) mass is 407 g/mol. The number of hydrogen-bond acceptors (Lipinski definition) is 3. The van der Waals surface area contributed by atoms with Crippen molar-refractivity contribution in [2.24, 2.45) is 23.2 Å². The van der Waals surface area contributed by atoms with Gasteiger partial charge in [-0.1, -0.05) is 42.5 Å². The fourth-order valence-electron chi connectivity index (χ4n) is 7.08. The van der Waals surface area contributed by atoms with Gasteiger partial charge >= 0.3 is 0 Å². The lowest BCUT2D eigenvalue weighted by molar-refractivity contribution is -0.124. The Kier molecular flexibility index (Phi) is 5.97. The van der Waals surface area contributed by atoms with Crippen LogP contribution in [0.1, 0.15) is 44.1 Å². The molecule has 0 unspecified atom stereocenters. The summed E-state index contributed by atoms with van der Waals surface area (Å²) >= 11 is 0. The Labute approximate surface area is 181 Å². The van der Waals surface area contributed by atoms with Crippen LogP contribution in [0.25, 0.3) is 6.08 Å². The molecule has 0 atom stereocenters. The van der Waals surface area contributed by atoms with Gasteiger partial charge in [-0.25, -0.2) is 0 Å². The van der Waals surface area contributed by atoms with Gasteiger partial charge in [0, 0.05) is 39.3 Å². The maximum atomic E-state index is 12.6. The van der Waals surface area contributed by atoms with E-state index >= 15 is 0 Å². The molecule has 1 aromatic rings. The van der Waals surface area contributed by atoms with Crippen LogP contribution in [0.2, 0.25) is 0 Å². The molecule has 1 aromatic carbocycles. The quantitative estimate of drug-likeness (QED) is 0.749. The van der Waals surface area contributed by atoms with E-state index in [-0.39, 0.29) is 5.91 Å². The summed E-state index contributed by atoms with van der Waals surface area (Å²) in [6.07, 6.45) is 13.0. The second-order valence-electron chi connectivity index (χ2n) is 10.6. The minimum atomic E-state index is 0.239. The van der Waals surface area contributed by atoms with Crippen LogP contribution in [0.5, 0.6) is 0 Å². The first-order valence-electron chi connectivity index (χ1n) is 12.1. The zero-order chi connectivity index (χ0) is 20.4. The third-order valence-corrected chi connectivity index (χ3v) is 8.13. The molecule has 1 saturated heterocycles. The Morgan fingerprint density at radius 1 is 0.933 bits per heavy atom. The summed E-state index contributed by atoms with van der Waals surface area (Å²) in [6.45, 7) is 6.55. The van der Waals surface area contributed by atoms with E-state index in [4.69, 9.17) is 0 Å². The average molecular weight is 408 g/mol. The smallest absolute Gasteiger partial charge is 0.234 e. The Morgan fingerprint density at radius 3 is 2.17 bits per heavy atom. The standard InChI is InChI=1S/C26H37N3O/c30-25(27-20-26-16-22-13-23(17-26)15-24(14-22)18-26)19-29-11-9-28(10-12-29)8-4-7-21-5-2-1-3-6-21/h1-7,22-24H,8-20H2,(H,27,30). The SMILES string of the molecule is O=C(CN1CCN(CC=Cc2ccccc2)CC1)NCC12CC3CC(CC(C3)C1)C2. The van der Waals surface area contributed by atoms with Gasteiger partial charge in [0.15, 0.2) is 0 Å². The van der Waals surface area contributed by atoms with Crippen LogP contribution >= 0.6 is 0 Å². The van der Waals surface area contributed by atoms with Gasteiger partial charge in [0.05, 0.1) is 6.54 Å². The van der Waals surface area contributed by atoms with E-state index in [9.17, 15) is 4.79 Å².